The lowest BCUT2D eigenvalue weighted by atomic mass is 9.99. The second-order valence-corrected chi connectivity index (χ2v) is 8.89. The molecule has 2 aliphatic rings. The van der Waals surface area contributed by atoms with Crippen molar-refractivity contribution in [3.63, 3.8) is 0 Å². The van der Waals surface area contributed by atoms with Gasteiger partial charge in [0, 0.05) is 53.7 Å². The molecule has 3 aromatic rings. The zero-order valence-corrected chi connectivity index (χ0v) is 16.7. The van der Waals surface area contributed by atoms with E-state index in [0.29, 0.717) is 6.04 Å². The summed E-state index contributed by atoms with van der Waals surface area (Å²) in [6.45, 7) is 6.44. The topological polar surface area (TPSA) is 49.3 Å². The van der Waals surface area contributed by atoms with Crippen LogP contribution in [0, 0.1) is 0 Å². The molecule has 2 N–H and O–H groups in total. The summed E-state index contributed by atoms with van der Waals surface area (Å²) in [5.41, 5.74) is 4.40. The number of thiophene rings is 1. The van der Waals surface area contributed by atoms with Crippen molar-refractivity contribution in [3.8, 4) is 0 Å². The molecule has 0 spiro atoms. The number of aromatic nitrogens is 1. The Morgan fingerprint density at radius 2 is 2.04 bits per heavy atom. The Morgan fingerprint density at radius 1 is 1.22 bits per heavy atom. The van der Waals surface area contributed by atoms with Crippen LogP contribution in [0.1, 0.15) is 46.4 Å². The molecule has 0 aliphatic carbocycles. The van der Waals surface area contributed by atoms with Crippen molar-refractivity contribution in [1.29, 1.82) is 0 Å². The highest BCUT2D eigenvalue weighted by molar-refractivity contribution is 7.16. The van der Waals surface area contributed by atoms with E-state index in [0.717, 1.165) is 35.6 Å². The number of hydrogen-bond acceptors (Lipinski definition) is 4. The summed E-state index contributed by atoms with van der Waals surface area (Å²) in [5.74, 6) is 0.0529. The highest BCUT2D eigenvalue weighted by Crippen LogP contribution is 2.41. The van der Waals surface area contributed by atoms with Gasteiger partial charge in [0.1, 0.15) is 11.2 Å². The number of nitrogens with zero attached hydrogens (tertiary/aromatic N) is 2. The van der Waals surface area contributed by atoms with Gasteiger partial charge in [0.2, 0.25) is 0 Å². The molecule has 6 heteroatoms. The summed E-state index contributed by atoms with van der Waals surface area (Å²) in [6.07, 6.45) is 2.87. The van der Waals surface area contributed by atoms with Gasteiger partial charge >= 0.3 is 0 Å². The Balaban J connectivity index is 1.53. The minimum absolute atomic E-state index is 0.0529. The minimum atomic E-state index is -0.197. The van der Waals surface area contributed by atoms with E-state index in [1.807, 2.05) is 19.2 Å². The molecule has 0 bridgehead atoms. The van der Waals surface area contributed by atoms with Crippen molar-refractivity contribution in [2.75, 3.05) is 11.9 Å². The molecule has 140 valence electrons. The predicted octanol–water partition coefficient (Wildman–Crippen LogP) is 3.86. The molecule has 1 atom stereocenters. The molecular formula is C21H24N4OS. The first-order chi connectivity index (χ1) is 13.0. The van der Waals surface area contributed by atoms with Crippen molar-refractivity contribution in [2.24, 2.45) is 7.05 Å². The van der Waals surface area contributed by atoms with Crippen LogP contribution in [0.5, 0.6) is 0 Å². The van der Waals surface area contributed by atoms with Gasteiger partial charge in [0.05, 0.1) is 5.56 Å². The smallest absolute Gasteiger partial charge is 0.256 e. The van der Waals surface area contributed by atoms with E-state index in [1.54, 1.807) is 11.3 Å². The Bertz CT molecular complexity index is 1050. The zero-order valence-electron chi connectivity index (χ0n) is 15.9. The molecule has 5 rings (SSSR count). The van der Waals surface area contributed by atoms with E-state index in [9.17, 15) is 4.79 Å². The third-order valence-electron chi connectivity index (χ3n) is 5.83. The summed E-state index contributed by atoms with van der Waals surface area (Å²) in [5, 5.41) is 8.99. The second-order valence-electron chi connectivity index (χ2n) is 7.79. The van der Waals surface area contributed by atoms with Crippen molar-refractivity contribution in [2.45, 2.75) is 39.0 Å². The molecule has 27 heavy (non-hydrogen) atoms. The zero-order chi connectivity index (χ0) is 18.7. The lowest BCUT2D eigenvalue weighted by molar-refractivity contribution is 0.0934. The van der Waals surface area contributed by atoms with Crippen LogP contribution in [0.2, 0.25) is 0 Å². The number of anilines is 1. The molecule has 0 radical (unpaired) electrons. The number of aryl methyl sites for hydroxylation is 1. The first-order valence-corrected chi connectivity index (χ1v) is 10.3. The third kappa shape index (κ3) is 2.58. The van der Waals surface area contributed by atoms with Gasteiger partial charge in [-0.2, -0.15) is 0 Å². The first kappa shape index (κ1) is 16.8. The number of amides is 1. The Labute approximate surface area is 163 Å². The third-order valence-corrected chi connectivity index (χ3v) is 6.98. The quantitative estimate of drug-likeness (QED) is 0.710. The summed E-state index contributed by atoms with van der Waals surface area (Å²) in [4.78, 5) is 16.8. The predicted molar refractivity (Wildman–Crippen MR) is 110 cm³/mol. The fourth-order valence-electron chi connectivity index (χ4n) is 4.33. The number of fused-ring (bicyclic) bond motifs is 4. The van der Waals surface area contributed by atoms with E-state index < -0.39 is 0 Å². The van der Waals surface area contributed by atoms with Crippen LogP contribution in [-0.4, -0.2) is 28.0 Å². The fourth-order valence-corrected chi connectivity index (χ4v) is 5.63. The summed E-state index contributed by atoms with van der Waals surface area (Å²) in [6, 6.07) is 8.85. The molecule has 1 aromatic carbocycles. The minimum Gasteiger partial charge on any atom is -0.353 e. The Hall–Kier alpha value is -2.31. The van der Waals surface area contributed by atoms with Crippen LogP contribution in [-0.2, 0) is 20.0 Å². The maximum atomic E-state index is 13.0. The highest BCUT2D eigenvalue weighted by atomic mass is 32.1. The molecular weight excluding hydrogens is 356 g/mol. The molecule has 2 aliphatic heterocycles. The van der Waals surface area contributed by atoms with Crippen LogP contribution in [0.15, 0.2) is 30.5 Å². The number of nitrogens with one attached hydrogen (secondary N) is 2. The lowest BCUT2D eigenvalue weighted by Gasteiger charge is -2.30. The van der Waals surface area contributed by atoms with E-state index in [1.165, 1.54) is 21.3 Å². The van der Waals surface area contributed by atoms with Gasteiger partial charge in [-0.3, -0.25) is 9.69 Å². The SMILES string of the molecule is CC(C)N1CCc2c(sc3c2C(=O)NC(c2cn(C)c4ccccc24)N3)C1. The molecule has 0 fully saturated rings. The number of rotatable bonds is 2. The molecule has 1 unspecified atom stereocenters. The Kier molecular flexibility index (Phi) is 3.81. The van der Waals surface area contributed by atoms with Gasteiger partial charge in [-0.25, -0.2) is 0 Å². The number of carbonyl (C=O) groups is 1. The second kappa shape index (κ2) is 6.11. The molecule has 2 aromatic heterocycles. The summed E-state index contributed by atoms with van der Waals surface area (Å²) >= 11 is 1.75. The van der Waals surface area contributed by atoms with Crippen molar-refractivity contribution < 1.29 is 4.79 Å². The average Bonchev–Trinajstić information content (AvgIpc) is 3.19. The monoisotopic (exact) mass is 380 g/mol. The Morgan fingerprint density at radius 3 is 2.85 bits per heavy atom. The first-order valence-electron chi connectivity index (χ1n) is 9.53. The largest absolute Gasteiger partial charge is 0.353 e. The molecule has 0 saturated heterocycles. The van der Waals surface area contributed by atoms with Crippen molar-refractivity contribution in [1.82, 2.24) is 14.8 Å². The van der Waals surface area contributed by atoms with E-state index >= 15 is 0 Å². The van der Waals surface area contributed by atoms with E-state index in [-0.39, 0.29) is 12.1 Å². The highest BCUT2D eigenvalue weighted by Gasteiger charge is 2.34. The molecule has 0 saturated carbocycles. The van der Waals surface area contributed by atoms with Crippen LogP contribution in [0.3, 0.4) is 0 Å². The van der Waals surface area contributed by atoms with Gasteiger partial charge in [-0.1, -0.05) is 18.2 Å². The van der Waals surface area contributed by atoms with Gasteiger partial charge in [-0.05, 0) is 31.9 Å². The maximum Gasteiger partial charge on any atom is 0.256 e. The number of hydrogen-bond donors (Lipinski definition) is 2. The maximum absolute atomic E-state index is 13.0. The van der Waals surface area contributed by atoms with Crippen molar-refractivity contribution in [3.05, 3.63) is 52.0 Å². The van der Waals surface area contributed by atoms with Crippen LogP contribution >= 0.6 is 11.3 Å². The standard InChI is InChI=1S/C21H24N4OS/c1-12(2)25-9-8-14-17(11-25)27-21-18(14)20(26)22-19(23-21)15-10-24(3)16-7-5-4-6-13(15)16/h4-7,10,12,19,23H,8-9,11H2,1-3H3,(H,22,26). The van der Waals surface area contributed by atoms with E-state index in [2.05, 4.69) is 52.3 Å². The van der Waals surface area contributed by atoms with Gasteiger partial charge in [0.25, 0.3) is 5.91 Å². The average molecular weight is 381 g/mol. The molecule has 1 amide bonds. The van der Waals surface area contributed by atoms with Crippen molar-refractivity contribution >= 4 is 33.1 Å². The van der Waals surface area contributed by atoms with Gasteiger partial charge in [0.15, 0.2) is 0 Å². The number of para-hydroxylation sites is 1. The van der Waals surface area contributed by atoms with Crippen LogP contribution in [0.4, 0.5) is 5.00 Å². The fraction of sp³-hybridized carbons (Fsp3) is 0.381. The van der Waals surface area contributed by atoms with Gasteiger partial charge < -0.3 is 15.2 Å². The number of benzene rings is 1. The molecule has 4 heterocycles. The van der Waals surface area contributed by atoms with Crippen LogP contribution < -0.4 is 10.6 Å². The summed E-state index contributed by atoms with van der Waals surface area (Å²) in [7, 11) is 2.05. The number of carbonyl (C=O) groups excluding carboxylic acids is 1. The summed E-state index contributed by atoms with van der Waals surface area (Å²) < 4.78 is 2.12. The molecule has 5 nitrogen and oxygen atoms in total. The van der Waals surface area contributed by atoms with Crippen LogP contribution in [0.25, 0.3) is 10.9 Å². The normalized spacial score (nSPS) is 19.7. The lowest BCUT2D eigenvalue weighted by Crippen LogP contribution is -2.39. The van der Waals surface area contributed by atoms with Gasteiger partial charge in [-0.15, -0.1) is 11.3 Å². The van der Waals surface area contributed by atoms with E-state index in [4.69, 9.17) is 0 Å².